The van der Waals surface area contributed by atoms with Gasteiger partial charge in [-0.1, -0.05) is 0 Å². The van der Waals surface area contributed by atoms with Crippen LogP contribution in [0.5, 0.6) is 0 Å². The molecule has 1 N–H and O–H groups in total. The van der Waals surface area contributed by atoms with E-state index in [4.69, 9.17) is 0 Å². The number of halogens is 1. The van der Waals surface area contributed by atoms with Gasteiger partial charge in [-0.05, 0) is 33.8 Å². The molecule has 7 heteroatoms. The molecule has 2 heterocycles. The third-order valence-corrected chi connectivity index (χ3v) is 4.62. The molecule has 0 radical (unpaired) electrons. The van der Waals surface area contributed by atoms with Gasteiger partial charge in [0.2, 0.25) is 0 Å². The minimum absolute atomic E-state index is 0.00870. The van der Waals surface area contributed by atoms with Crippen LogP contribution in [0.15, 0.2) is 15.9 Å². The largest absolute Gasteiger partial charge is 0.453 e. The highest BCUT2D eigenvalue weighted by molar-refractivity contribution is 9.10. The van der Waals surface area contributed by atoms with E-state index in [1.54, 1.807) is 4.90 Å². The Bertz CT molecular complexity index is 463. The third kappa shape index (κ3) is 2.84. The average molecular weight is 333 g/mol. The standard InChI is InChI=1S/C11H13BrN2O3S/c1-17-11(16)14-4-2-7(6-14)13-10(15)9-8(12)3-5-18-9/h3,5,7H,2,4,6H2,1H3,(H,13,15)/t7-/m1/s1. The second kappa shape index (κ2) is 5.71. The van der Waals surface area contributed by atoms with E-state index < -0.39 is 0 Å². The lowest BCUT2D eigenvalue weighted by Crippen LogP contribution is -2.38. The Labute approximate surface area is 117 Å². The first kappa shape index (κ1) is 13.4. The summed E-state index contributed by atoms with van der Waals surface area (Å²) in [6.07, 6.45) is 0.410. The fourth-order valence-electron chi connectivity index (χ4n) is 1.88. The molecule has 0 aliphatic carbocycles. The summed E-state index contributed by atoms with van der Waals surface area (Å²) in [6, 6.07) is 1.83. The van der Waals surface area contributed by atoms with Crippen molar-refractivity contribution in [2.45, 2.75) is 12.5 Å². The molecule has 0 saturated carbocycles. The molecule has 2 rings (SSSR count). The molecule has 1 saturated heterocycles. The Balaban J connectivity index is 1.90. The second-order valence-corrected chi connectivity index (χ2v) is 5.74. The smallest absolute Gasteiger partial charge is 0.409 e. The van der Waals surface area contributed by atoms with Crippen LogP contribution < -0.4 is 5.32 Å². The molecule has 0 bridgehead atoms. The van der Waals surface area contributed by atoms with Gasteiger partial charge in [0.1, 0.15) is 4.88 Å². The van der Waals surface area contributed by atoms with E-state index in [2.05, 4.69) is 26.0 Å². The molecule has 5 nitrogen and oxygen atoms in total. The highest BCUT2D eigenvalue weighted by atomic mass is 79.9. The molecule has 1 aliphatic heterocycles. The number of nitrogens with zero attached hydrogens (tertiary/aromatic N) is 1. The number of rotatable bonds is 2. The Hall–Kier alpha value is -1.08. The van der Waals surface area contributed by atoms with Crippen molar-refractivity contribution in [3.63, 3.8) is 0 Å². The van der Waals surface area contributed by atoms with Gasteiger partial charge in [0.25, 0.3) is 5.91 Å². The summed E-state index contributed by atoms with van der Waals surface area (Å²) >= 11 is 4.72. The third-order valence-electron chi connectivity index (χ3n) is 2.78. The van der Waals surface area contributed by atoms with Crippen molar-refractivity contribution in [3.8, 4) is 0 Å². The van der Waals surface area contributed by atoms with Crippen molar-refractivity contribution < 1.29 is 14.3 Å². The summed E-state index contributed by atoms with van der Waals surface area (Å²) in [5.41, 5.74) is 0. The van der Waals surface area contributed by atoms with Crippen molar-refractivity contribution in [3.05, 3.63) is 20.8 Å². The van der Waals surface area contributed by atoms with E-state index in [-0.39, 0.29) is 18.0 Å². The summed E-state index contributed by atoms with van der Waals surface area (Å²) in [6.45, 7) is 1.12. The van der Waals surface area contributed by atoms with E-state index in [9.17, 15) is 9.59 Å². The van der Waals surface area contributed by atoms with Crippen LogP contribution in [0.2, 0.25) is 0 Å². The first-order valence-electron chi connectivity index (χ1n) is 5.48. The molecule has 0 aromatic carbocycles. The number of ether oxygens (including phenoxy) is 1. The lowest BCUT2D eigenvalue weighted by molar-refractivity contribution is 0.0937. The summed E-state index contributed by atoms with van der Waals surface area (Å²) in [7, 11) is 1.36. The predicted octanol–water partition coefficient (Wildman–Crippen LogP) is 2.08. The van der Waals surface area contributed by atoms with Crippen LogP contribution in [0.1, 0.15) is 16.1 Å². The number of hydrogen-bond acceptors (Lipinski definition) is 4. The van der Waals surface area contributed by atoms with Gasteiger partial charge < -0.3 is 15.0 Å². The minimum Gasteiger partial charge on any atom is -0.453 e. The lowest BCUT2D eigenvalue weighted by Gasteiger charge is -2.15. The summed E-state index contributed by atoms with van der Waals surface area (Å²) < 4.78 is 5.45. The van der Waals surface area contributed by atoms with Crippen molar-refractivity contribution in [1.82, 2.24) is 10.2 Å². The zero-order chi connectivity index (χ0) is 13.1. The first-order chi connectivity index (χ1) is 8.61. The molecule has 98 valence electrons. The number of carbonyl (C=O) groups is 2. The van der Waals surface area contributed by atoms with Crippen molar-refractivity contribution in [2.24, 2.45) is 0 Å². The van der Waals surface area contributed by atoms with Crippen LogP contribution in [0.3, 0.4) is 0 Å². The minimum atomic E-state index is -0.343. The number of methoxy groups -OCH3 is 1. The molecule has 2 amide bonds. The van der Waals surface area contributed by atoms with Gasteiger partial charge >= 0.3 is 6.09 Å². The monoisotopic (exact) mass is 332 g/mol. The Morgan fingerprint density at radius 2 is 2.39 bits per heavy atom. The Morgan fingerprint density at radius 1 is 1.61 bits per heavy atom. The van der Waals surface area contributed by atoms with Crippen molar-refractivity contribution >= 4 is 39.3 Å². The number of hydrogen-bond donors (Lipinski definition) is 1. The zero-order valence-electron chi connectivity index (χ0n) is 9.81. The fourth-order valence-corrected chi connectivity index (χ4v) is 3.33. The van der Waals surface area contributed by atoms with Gasteiger partial charge in [0.15, 0.2) is 0 Å². The van der Waals surface area contributed by atoms with Crippen LogP contribution in [0.4, 0.5) is 4.79 Å². The topological polar surface area (TPSA) is 58.6 Å². The summed E-state index contributed by atoms with van der Waals surface area (Å²) in [5.74, 6) is -0.103. The molecule has 1 fully saturated rings. The van der Waals surface area contributed by atoms with Gasteiger partial charge in [-0.3, -0.25) is 4.79 Å². The molecule has 0 unspecified atom stereocenters. The molecule has 0 spiro atoms. The number of carbonyl (C=O) groups excluding carboxylic acids is 2. The summed E-state index contributed by atoms with van der Waals surface area (Å²) in [5, 5.41) is 4.78. The van der Waals surface area contributed by atoms with Gasteiger partial charge in [0, 0.05) is 23.6 Å². The molecular formula is C11H13BrN2O3S. The maximum absolute atomic E-state index is 12.0. The van der Waals surface area contributed by atoms with Crippen LogP contribution in [-0.4, -0.2) is 43.1 Å². The molecule has 1 aromatic rings. The normalized spacial score (nSPS) is 18.8. The van der Waals surface area contributed by atoms with Gasteiger partial charge in [-0.25, -0.2) is 4.79 Å². The van der Waals surface area contributed by atoms with Crippen molar-refractivity contribution in [2.75, 3.05) is 20.2 Å². The van der Waals surface area contributed by atoms with E-state index in [1.807, 2.05) is 11.4 Å². The number of nitrogens with one attached hydrogen (secondary N) is 1. The quantitative estimate of drug-likeness (QED) is 0.902. The van der Waals surface area contributed by atoms with E-state index in [0.29, 0.717) is 18.0 Å². The van der Waals surface area contributed by atoms with E-state index >= 15 is 0 Å². The Kier molecular flexibility index (Phi) is 4.23. The molecule has 18 heavy (non-hydrogen) atoms. The zero-order valence-corrected chi connectivity index (χ0v) is 12.2. The van der Waals surface area contributed by atoms with Gasteiger partial charge in [-0.2, -0.15) is 0 Å². The predicted molar refractivity (Wildman–Crippen MR) is 71.9 cm³/mol. The van der Waals surface area contributed by atoms with Crippen LogP contribution in [0, 0.1) is 0 Å². The molecule has 1 aliphatic rings. The van der Waals surface area contributed by atoms with Gasteiger partial charge in [0.05, 0.1) is 7.11 Å². The van der Waals surface area contributed by atoms with Crippen molar-refractivity contribution in [1.29, 1.82) is 0 Å². The summed E-state index contributed by atoms with van der Waals surface area (Å²) in [4.78, 5) is 25.5. The number of thiophene rings is 1. The maximum Gasteiger partial charge on any atom is 0.409 e. The fraction of sp³-hybridized carbons (Fsp3) is 0.455. The molecular weight excluding hydrogens is 320 g/mol. The molecule has 1 atom stereocenters. The number of likely N-dealkylation sites (tertiary alicyclic amines) is 1. The average Bonchev–Trinajstić information content (AvgIpc) is 2.97. The first-order valence-corrected chi connectivity index (χ1v) is 7.16. The van der Waals surface area contributed by atoms with Gasteiger partial charge in [-0.15, -0.1) is 11.3 Å². The highest BCUT2D eigenvalue weighted by Crippen LogP contribution is 2.23. The maximum atomic E-state index is 12.0. The lowest BCUT2D eigenvalue weighted by atomic mass is 10.2. The van der Waals surface area contributed by atoms with E-state index in [0.717, 1.165) is 10.9 Å². The Morgan fingerprint density at radius 3 is 3.00 bits per heavy atom. The SMILES string of the molecule is COC(=O)N1CC[C@@H](NC(=O)c2sccc2Br)C1. The van der Waals surface area contributed by atoms with Crippen LogP contribution in [-0.2, 0) is 4.74 Å². The van der Waals surface area contributed by atoms with Crippen LogP contribution in [0.25, 0.3) is 0 Å². The highest BCUT2D eigenvalue weighted by Gasteiger charge is 2.28. The van der Waals surface area contributed by atoms with Crippen LogP contribution >= 0.6 is 27.3 Å². The van der Waals surface area contributed by atoms with E-state index in [1.165, 1.54) is 18.4 Å². The number of amides is 2. The second-order valence-electron chi connectivity index (χ2n) is 3.97. The molecule has 1 aromatic heterocycles.